The zero-order chi connectivity index (χ0) is 17.4. The first-order valence-electron chi connectivity index (χ1n) is 9.98. The summed E-state index contributed by atoms with van der Waals surface area (Å²) < 4.78 is 0. The lowest BCUT2D eigenvalue weighted by Gasteiger charge is -2.21. The minimum Gasteiger partial charge on any atom is -0.303 e. The van der Waals surface area contributed by atoms with Crippen molar-refractivity contribution >= 4 is 0 Å². The summed E-state index contributed by atoms with van der Waals surface area (Å²) in [4.78, 5) is 2.64. The second kappa shape index (κ2) is 36.8. The lowest BCUT2D eigenvalue weighted by Crippen LogP contribution is -2.27. The first-order valence-corrected chi connectivity index (χ1v) is 9.98. The van der Waals surface area contributed by atoms with Crippen molar-refractivity contribution in [3.05, 3.63) is 0 Å². The molecule has 0 aliphatic rings. The van der Waals surface area contributed by atoms with Crippen molar-refractivity contribution in [2.45, 2.75) is 114 Å². The van der Waals surface area contributed by atoms with E-state index in [1.54, 1.807) is 0 Å². The number of hydrogen-bond acceptors (Lipinski definition) is 1. The molecule has 21 heavy (non-hydrogen) atoms. The summed E-state index contributed by atoms with van der Waals surface area (Å²) in [5, 5.41) is 0. The van der Waals surface area contributed by atoms with E-state index in [1.165, 1.54) is 71.0 Å². The van der Waals surface area contributed by atoms with Gasteiger partial charge in [0.25, 0.3) is 0 Å². The topological polar surface area (TPSA) is 3.24 Å². The van der Waals surface area contributed by atoms with Gasteiger partial charge in [-0.3, -0.25) is 0 Å². The fourth-order valence-electron chi connectivity index (χ4n) is 1.48. The SMILES string of the molecule is CC.CC.CCCC.CCCCN(CCCC)CCCC. The zero-order valence-corrected chi connectivity index (χ0v) is 17.2. The fraction of sp³-hybridized carbons (Fsp3) is 1.00. The second-order valence-corrected chi connectivity index (χ2v) is 4.90. The largest absolute Gasteiger partial charge is 0.303 e. The summed E-state index contributed by atoms with van der Waals surface area (Å²) in [7, 11) is 0. The van der Waals surface area contributed by atoms with Crippen LogP contribution in [0.2, 0.25) is 0 Å². The average Bonchev–Trinajstić information content (AvgIpc) is 2.58. The minimum absolute atomic E-state index is 1.32. The van der Waals surface area contributed by atoms with Crippen LogP contribution >= 0.6 is 0 Å². The lowest BCUT2D eigenvalue weighted by molar-refractivity contribution is 0.261. The highest BCUT2D eigenvalue weighted by molar-refractivity contribution is 4.57. The molecule has 0 bridgehead atoms. The molecule has 1 nitrogen and oxygen atoms in total. The van der Waals surface area contributed by atoms with Gasteiger partial charge in [0, 0.05) is 0 Å². The number of hydrogen-bond donors (Lipinski definition) is 0. The van der Waals surface area contributed by atoms with Crippen LogP contribution in [0.5, 0.6) is 0 Å². The van der Waals surface area contributed by atoms with Gasteiger partial charge in [-0.05, 0) is 38.9 Å². The molecule has 0 aromatic carbocycles. The van der Waals surface area contributed by atoms with Crippen LogP contribution in [-0.4, -0.2) is 24.5 Å². The Bertz CT molecular complexity index is 91.4. The molecule has 0 amide bonds. The van der Waals surface area contributed by atoms with Crippen LogP contribution < -0.4 is 0 Å². The summed E-state index contributed by atoms with van der Waals surface area (Å²) in [6.07, 6.45) is 10.7. The third-order valence-electron chi connectivity index (χ3n) is 2.98. The van der Waals surface area contributed by atoms with E-state index in [1.807, 2.05) is 27.7 Å². The molecular formula is C20H49N. The molecule has 0 heterocycles. The van der Waals surface area contributed by atoms with Gasteiger partial charge in [0.2, 0.25) is 0 Å². The van der Waals surface area contributed by atoms with Crippen molar-refractivity contribution in [2.75, 3.05) is 19.6 Å². The Hall–Kier alpha value is -0.0400. The van der Waals surface area contributed by atoms with E-state index < -0.39 is 0 Å². The van der Waals surface area contributed by atoms with Crippen LogP contribution in [0, 0.1) is 0 Å². The Kier molecular flexibility index (Phi) is 50.9. The van der Waals surface area contributed by atoms with Crippen molar-refractivity contribution in [3.8, 4) is 0 Å². The molecular weight excluding hydrogens is 254 g/mol. The lowest BCUT2D eigenvalue weighted by atomic mass is 10.2. The van der Waals surface area contributed by atoms with Gasteiger partial charge in [0.15, 0.2) is 0 Å². The highest BCUT2D eigenvalue weighted by Crippen LogP contribution is 2.01. The molecule has 0 radical (unpaired) electrons. The molecule has 0 unspecified atom stereocenters. The normalized spacial score (nSPS) is 8.86. The predicted octanol–water partition coefficient (Wildman–Crippen LogP) is 7.55. The van der Waals surface area contributed by atoms with E-state index in [0.717, 1.165) is 0 Å². The minimum atomic E-state index is 1.32. The van der Waals surface area contributed by atoms with Gasteiger partial charge in [-0.15, -0.1) is 0 Å². The molecule has 0 spiro atoms. The predicted molar refractivity (Wildman–Crippen MR) is 104 cm³/mol. The van der Waals surface area contributed by atoms with Crippen molar-refractivity contribution in [1.29, 1.82) is 0 Å². The summed E-state index contributed by atoms with van der Waals surface area (Å²) in [6.45, 7) is 23.1. The molecule has 1 heteroatoms. The van der Waals surface area contributed by atoms with Crippen LogP contribution in [0.4, 0.5) is 0 Å². The maximum atomic E-state index is 2.64. The Balaban J connectivity index is -0.000000151. The molecule has 0 aromatic rings. The van der Waals surface area contributed by atoms with E-state index in [0.29, 0.717) is 0 Å². The van der Waals surface area contributed by atoms with Gasteiger partial charge in [-0.25, -0.2) is 0 Å². The molecule has 134 valence electrons. The van der Waals surface area contributed by atoms with Crippen molar-refractivity contribution < 1.29 is 0 Å². The van der Waals surface area contributed by atoms with Gasteiger partial charge in [0.1, 0.15) is 0 Å². The van der Waals surface area contributed by atoms with E-state index >= 15 is 0 Å². The third-order valence-corrected chi connectivity index (χ3v) is 2.98. The summed E-state index contributed by atoms with van der Waals surface area (Å²) in [5.74, 6) is 0. The molecule has 0 atom stereocenters. The molecule has 0 aliphatic carbocycles. The molecule has 0 fully saturated rings. The van der Waals surface area contributed by atoms with E-state index in [2.05, 4.69) is 39.5 Å². The van der Waals surface area contributed by atoms with Crippen LogP contribution in [0.1, 0.15) is 114 Å². The van der Waals surface area contributed by atoms with Crippen molar-refractivity contribution in [2.24, 2.45) is 0 Å². The molecule has 0 aliphatic heterocycles. The van der Waals surface area contributed by atoms with Crippen LogP contribution in [-0.2, 0) is 0 Å². The average molecular weight is 304 g/mol. The van der Waals surface area contributed by atoms with Gasteiger partial charge in [-0.1, -0.05) is 94.4 Å². The first kappa shape index (κ1) is 29.0. The number of nitrogens with zero attached hydrogens (tertiary/aromatic N) is 1. The summed E-state index contributed by atoms with van der Waals surface area (Å²) >= 11 is 0. The van der Waals surface area contributed by atoms with Gasteiger partial charge in [-0.2, -0.15) is 0 Å². The van der Waals surface area contributed by atoms with Crippen LogP contribution in [0.25, 0.3) is 0 Å². The first-order chi connectivity index (χ1) is 10.3. The fourth-order valence-corrected chi connectivity index (χ4v) is 1.48. The quantitative estimate of drug-likeness (QED) is 0.402. The Morgan fingerprint density at radius 2 is 0.667 bits per heavy atom. The van der Waals surface area contributed by atoms with E-state index in [-0.39, 0.29) is 0 Å². The monoisotopic (exact) mass is 303 g/mol. The van der Waals surface area contributed by atoms with Crippen LogP contribution in [0.3, 0.4) is 0 Å². The molecule has 0 saturated heterocycles. The standard InChI is InChI=1S/C12H27N.C4H10.2C2H6/c1-4-7-10-13(11-8-5-2)12-9-6-3;1-3-4-2;2*1-2/h4-12H2,1-3H3;3-4H2,1-2H3;2*1-2H3. The second-order valence-electron chi connectivity index (χ2n) is 4.90. The number of rotatable bonds is 10. The summed E-state index contributed by atoms with van der Waals surface area (Å²) in [6, 6.07) is 0. The molecule has 0 rings (SSSR count). The highest BCUT2D eigenvalue weighted by Gasteiger charge is 2.01. The third kappa shape index (κ3) is 38.3. The Morgan fingerprint density at radius 3 is 0.810 bits per heavy atom. The number of unbranched alkanes of at least 4 members (excludes halogenated alkanes) is 4. The smallest absolute Gasteiger partial charge is 0.00188 e. The van der Waals surface area contributed by atoms with Crippen LogP contribution in [0.15, 0.2) is 0 Å². The Labute approximate surface area is 138 Å². The zero-order valence-electron chi connectivity index (χ0n) is 17.2. The van der Waals surface area contributed by atoms with Gasteiger partial charge >= 0.3 is 0 Å². The van der Waals surface area contributed by atoms with E-state index in [9.17, 15) is 0 Å². The highest BCUT2D eigenvalue weighted by atomic mass is 15.1. The molecule has 0 N–H and O–H groups in total. The maximum absolute atomic E-state index is 2.64. The van der Waals surface area contributed by atoms with Crippen molar-refractivity contribution in [3.63, 3.8) is 0 Å². The van der Waals surface area contributed by atoms with Gasteiger partial charge < -0.3 is 4.90 Å². The maximum Gasteiger partial charge on any atom is -0.00188 e. The molecule has 0 saturated carbocycles. The van der Waals surface area contributed by atoms with E-state index in [4.69, 9.17) is 0 Å². The molecule has 0 aromatic heterocycles. The Morgan fingerprint density at radius 1 is 0.429 bits per heavy atom. The van der Waals surface area contributed by atoms with Crippen molar-refractivity contribution in [1.82, 2.24) is 4.90 Å². The van der Waals surface area contributed by atoms with Gasteiger partial charge in [0.05, 0.1) is 0 Å². The summed E-state index contributed by atoms with van der Waals surface area (Å²) in [5.41, 5.74) is 0.